The van der Waals surface area contributed by atoms with Crippen molar-refractivity contribution in [1.82, 2.24) is 10.3 Å². The number of aromatic nitrogens is 1. The summed E-state index contributed by atoms with van der Waals surface area (Å²) in [7, 11) is 0. The van der Waals surface area contributed by atoms with Crippen molar-refractivity contribution in [2.24, 2.45) is 0 Å². The molecular formula is C27H24ClN3O2S. The normalized spacial score (nSPS) is 11.6. The van der Waals surface area contributed by atoms with Crippen molar-refractivity contribution in [2.75, 3.05) is 5.32 Å². The number of hydrogen-bond donors (Lipinski definition) is 2. The van der Waals surface area contributed by atoms with Gasteiger partial charge in [0.15, 0.2) is 10.9 Å². The molecule has 34 heavy (non-hydrogen) atoms. The number of halogens is 1. The zero-order valence-corrected chi connectivity index (χ0v) is 20.4. The largest absolute Gasteiger partial charge is 0.342 e. The number of amides is 1. The second-order valence-corrected chi connectivity index (χ2v) is 9.60. The summed E-state index contributed by atoms with van der Waals surface area (Å²) in [5, 5.41) is 7.57. The monoisotopic (exact) mass is 489 g/mol. The molecule has 2 N–H and O–H groups in total. The van der Waals surface area contributed by atoms with Crippen LogP contribution in [-0.4, -0.2) is 22.7 Å². The van der Waals surface area contributed by atoms with Gasteiger partial charge in [0.05, 0.1) is 11.7 Å². The second-order valence-electron chi connectivity index (χ2n) is 7.96. The van der Waals surface area contributed by atoms with Crippen LogP contribution in [0.3, 0.4) is 0 Å². The number of ketones is 1. The number of hydrogen-bond acceptors (Lipinski definition) is 5. The number of rotatable bonds is 8. The maximum Gasteiger partial charge on any atom is 0.251 e. The fraction of sp³-hybridized carbons (Fsp3) is 0.148. The first-order chi connectivity index (χ1) is 16.4. The smallest absolute Gasteiger partial charge is 0.251 e. The number of benzene rings is 3. The lowest BCUT2D eigenvalue weighted by Crippen LogP contribution is -2.41. The predicted octanol–water partition coefficient (Wildman–Crippen LogP) is 6.45. The maximum atomic E-state index is 12.9. The molecule has 7 heteroatoms. The first kappa shape index (κ1) is 23.7. The number of aryl methyl sites for hydroxylation is 1. The SMILES string of the molecule is CC(=O)[C@H](Cc1ccccc1)NC(=O)c1cccc(Nc2nc(-c3ccc(Cl)cc3)c(C)s2)c1. The van der Waals surface area contributed by atoms with Crippen molar-refractivity contribution >= 4 is 45.4 Å². The molecule has 0 radical (unpaired) electrons. The fourth-order valence-electron chi connectivity index (χ4n) is 3.57. The van der Waals surface area contributed by atoms with Gasteiger partial charge in [-0.3, -0.25) is 9.59 Å². The highest BCUT2D eigenvalue weighted by molar-refractivity contribution is 7.16. The van der Waals surface area contributed by atoms with Gasteiger partial charge in [-0.25, -0.2) is 4.98 Å². The Kier molecular flexibility index (Phi) is 7.40. The molecule has 0 unspecified atom stereocenters. The highest BCUT2D eigenvalue weighted by Crippen LogP contribution is 2.32. The molecule has 4 rings (SSSR count). The Hall–Kier alpha value is -3.48. The molecule has 5 nitrogen and oxygen atoms in total. The van der Waals surface area contributed by atoms with Gasteiger partial charge in [-0.1, -0.05) is 60.1 Å². The standard InChI is InChI=1S/C27H24ClN3O2S/c1-17(32)24(15-19-7-4-3-5-8-19)30-26(33)21-9-6-10-23(16-21)29-27-31-25(18(2)34-27)20-11-13-22(28)14-12-20/h3-14,16,24H,15H2,1-2H3,(H,29,31)(H,30,33)/t24-/m0/s1. The molecule has 0 bridgehead atoms. The molecule has 3 aromatic carbocycles. The van der Waals surface area contributed by atoms with E-state index in [4.69, 9.17) is 16.6 Å². The van der Waals surface area contributed by atoms with Crippen LogP contribution < -0.4 is 10.6 Å². The van der Waals surface area contributed by atoms with Crippen LogP contribution in [0.1, 0.15) is 27.7 Å². The second kappa shape index (κ2) is 10.6. The lowest BCUT2D eigenvalue weighted by atomic mass is 10.0. The summed E-state index contributed by atoms with van der Waals surface area (Å²) in [6.07, 6.45) is 0.450. The van der Waals surface area contributed by atoms with Crippen LogP contribution in [0.2, 0.25) is 5.02 Å². The summed E-state index contributed by atoms with van der Waals surface area (Å²) in [6.45, 7) is 3.51. The molecule has 4 aromatic rings. The van der Waals surface area contributed by atoms with Gasteiger partial charge in [0.1, 0.15) is 0 Å². The molecular weight excluding hydrogens is 466 g/mol. The average Bonchev–Trinajstić information content (AvgIpc) is 3.19. The highest BCUT2D eigenvalue weighted by Gasteiger charge is 2.19. The van der Waals surface area contributed by atoms with Gasteiger partial charge in [-0.15, -0.1) is 11.3 Å². The van der Waals surface area contributed by atoms with Gasteiger partial charge in [-0.2, -0.15) is 0 Å². The van der Waals surface area contributed by atoms with E-state index in [9.17, 15) is 9.59 Å². The molecule has 1 heterocycles. The Bertz CT molecular complexity index is 1300. The minimum atomic E-state index is -0.588. The average molecular weight is 490 g/mol. The summed E-state index contributed by atoms with van der Waals surface area (Å²) in [4.78, 5) is 30.9. The van der Waals surface area contributed by atoms with Crippen LogP contribution >= 0.6 is 22.9 Å². The van der Waals surface area contributed by atoms with E-state index >= 15 is 0 Å². The van der Waals surface area contributed by atoms with E-state index < -0.39 is 6.04 Å². The Morgan fingerprint density at radius 2 is 1.74 bits per heavy atom. The Balaban J connectivity index is 1.47. The third kappa shape index (κ3) is 5.90. The van der Waals surface area contributed by atoms with Crippen LogP contribution in [0.4, 0.5) is 10.8 Å². The molecule has 0 saturated heterocycles. The van der Waals surface area contributed by atoms with E-state index in [1.54, 1.807) is 18.2 Å². The van der Waals surface area contributed by atoms with E-state index in [1.807, 2.05) is 67.6 Å². The zero-order chi connectivity index (χ0) is 24.1. The number of nitrogens with one attached hydrogen (secondary N) is 2. The summed E-state index contributed by atoms with van der Waals surface area (Å²) in [5.41, 5.74) is 4.09. The molecule has 172 valence electrons. The van der Waals surface area contributed by atoms with Crippen molar-refractivity contribution in [3.63, 3.8) is 0 Å². The molecule has 0 aliphatic heterocycles. The minimum Gasteiger partial charge on any atom is -0.342 e. The summed E-state index contributed by atoms with van der Waals surface area (Å²) >= 11 is 7.54. The Labute approximate surface area is 207 Å². The number of nitrogens with zero attached hydrogens (tertiary/aromatic N) is 1. The molecule has 1 atom stereocenters. The van der Waals surface area contributed by atoms with Crippen LogP contribution in [0.15, 0.2) is 78.9 Å². The highest BCUT2D eigenvalue weighted by atomic mass is 35.5. The van der Waals surface area contributed by atoms with E-state index in [-0.39, 0.29) is 11.7 Å². The molecule has 0 aliphatic rings. The summed E-state index contributed by atoms with van der Waals surface area (Å²) in [6, 6.07) is 23.8. The van der Waals surface area contributed by atoms with Crippen molar-refractivity contribution < 1.29 is 9.59 Å². The lowest BCUT2D eigenvalue weighted by Gasteiger charge is -2.16. The third-order valence-electron chi connectivity index (χ3n) is 5.37. The first-order valence-electron chi connectivity index (χ1n) is 10.8. The summed E-state index contributed by atoms with van der Waals surface area (Å²) < 4.78 is 0. The minimum absolute atomic E-state index is 0.0838. The van der Waals surface area contributed by atoms with Crippen molar-refractivity contribution in [3.8, 4) is 11.3 Å². The topological polar surface area (TPSA) is 71.1 Å². The van der Waals surface area contributed by atoms with Gasteiger partial charge in [0.25, 0.3) is 5.91 Å². The van der Waals surface area contributed by atoms with Crippen molar-refractivity contribution in [2.45, 2.75) is 26.3 Å². The zero-order valence-electron chi connectivity index (χ0n) is 18.8. The van der Waals surface area contributed by atoms with Crippen LogP contribution in [0, 0.1) is 6.92 Å². The molecule has 0 spiro atoms. The Morgan fingerprint density at radius 1 is 1.00 bits per heavy atom. The molecule has 0 aliphatic carbocycles. The van der Waals surface area contributed by atoms with Gasteiger partial charge in [-0.05, 0) is 56.2 Å². The quantitative estimate of drug-likeness (QED) is 0.298. The van der Waals surface area contributed by atoms with Crippen LogP contribution in [0.25, 0.3) is 11.3 Å². The Morgan fingerprint density at radius 3 is 2.44 bits per heavy atom. The van der Waals surface area contributed by atoms with E-state index in [0.29, 0.717) is 17.0 Å². The third-order valence-corrected chi connectivity index (χ3v) is 6.51. The van der Waals surface area contributed by atoms with Gasteiger partial charge < -0.3 is 10.6 Å². The predicted molar refractivity (Wildman–Crippen MR) is 139 cm³/mol. The summed E-state index contributed by atoms with van der Waals surface area (Å²) in [5.74, 6) is -0.378. The number of thiazole rings is 1. The number of carbonyl (C=O) groups is 2. The fourth-order valence-corrected chi connectivity index (χ4v) is 4.56. The van der Waals surface area contributed by atoms with Crippen LogP contribution in [-0.2, 0) is 11.2 Å². The van der Waals surface area contributed by atoms with Crippen LogP contribution in [0.5, 0.6) is 0 Å². The number of Topliss-reactive ketones (excluding diaryl/α,β-unsaturated/α-hetero) is 1. The molecule has 0 fully saturated rings. The van der Waals surface area contributed by atoms with E-state index in [2.05, 4.69) is 10.6 Å². The molecule has 1 aromatic heterocycles. The number of carbonyl (C=O) groups excluding carboxylic acids is 2. The van der Waals surface area contributed by atoms with Gasteiger partial charge in [0.2, 0.25) is 0 Å². The van der Waals surface area contributed by atoms with Gasteiger partial charge in [0, 0.05) is 26.7 Å². The van der Waals surface area contributed by atoms with Gasteiger partial charge >= 0.3 is 0 Å². The maximum absolute atomic E-state index is 12.9. The van der Waals surface area contributed by atoms with Crippen molar-refractivity contribution in [1.29, 1.82) is 0 Å². The van der Waals surface area contributed by atoms with E-state index in [0.717, 1.165) is 32.5 Å². The number of anilines is 2. The van der Waals surface area contributed by atoms with E-state index in [1.165, 1.54) is 18.3 Å². The van der Waals surface area contributed by atoms with Crippen molar-refractivity contribution in [3.05, 3.63) is 99.9 Å². The first-order valence-corrected chi connectivity index (χ1v) is 12.0. The molecule has 1 amide bonds. The lowest BCUT2D eigenvalue weighted by molar-refractivity contribution is -0.118. The molecule has 0 saturated carbocycles.